The van der Waals surface area contributed by atoms with Gasteiger partial charge < -0.3 is 4.57 Å². The number of aryl methyl sites for hydroxylation is 1. The van der Waals surface area contributed by atoms with E-state index in [1.807, 2.05) is 20.0 Å². The van der Waals surface area contributed by atoms with Crippen molar-refractivity contribution < 1.29 is 0 Å². The monoisotopic (exact) mass is 230 g/mol. The predicted octanol–water partition coefficient (Wildman–Crippen LogP) is 4.03. The molecule has 1 aliphatic carbocycles. The van der Waals surface area contributed by atoms with Crippen LogP contribution in [0.3, 0.4) is 0 Å². The maximum absolute atomic E-state index is 4.56. The highest BCUT2D eigenvalue weighted by molar-refractivity contribution is 5.76. The van der Waals surface area contributed by atoms with E-state index in [2.05, 4.69) is 34.8 Å². The first-order chi connectivity index (χ1) is 8.36. The van der Waals surface area contributed by atoms with E-state index in [0.717, 1.165) is 24.5 Å². The minimum absolute atomic E-state index is 0.910. The van der Waals surface area contributed by atoms with E-state index in [4.69, 9.17) is 0 Å². The lowest BCUT2D eigenvalue weighted by Crippen LogP contribution is -1.99. The van der Waals surface area contributed by atoms with Gasteiger partial charge in [-0.25, -0.2) is 4.98 Å². The summed E-state index contributed by atoms with van der Waals surface area (Å²) in [5.41, 5.74) is 2.48. The SMILES string of the molecule is CC.CCc1cnc2c(ccn2CC2CC2)c1. The zero-order chi connectivity index (χ0) is 12.3. The minimum Gasteiger partial charge on any atom is -0.332 e. The molecule has 2 aromatic rings. The molecule has 2 heteroatoms. The lowest BCUT2D eigenvalue weighted by molar-refractivity contribution is 0.642. The number of rotatable bonds is 3. The van der Waals surface area contributed by atoms with Crippen LogP contribution < -0.4 is 0 Å². The number of aromatic nitrogens is 2. The molecule has 1 aliphatic rings. The molecule has 0 spiro atoms. The van der Waals surface area contributed by atoms with Crippen LogP contribution in [-0.2, 0) is 13.0 Å². The number of hydrogen-bond acceptors (Lipinski definition) is 1. The average Bonchev–Trinajstić information content (AvgIpc) is 3.12. The van der Waals surface area contributed by atoms with E-state index in [1.54, 1.807) is 0 Å². The van der Waals surface area contributed by atoms with Gasteiger partial charge in [0.1, 0.15) is 5.65 Å². The van der Waals surface area contributed by atoms with Gasteiger partial charge in [0, 0.05) is 24.3 Å². The van der Waals surface area contributed by atoms with Gasteiger partial charge in [-0.15, -0.1) is 0 Å². The highest BCUT2D eigenvalue weighted by atomic mass is 15.0. The van der Waals surface area contributed by atoms with Crippen LogP contribution >= 0.6 is 0 Å². The standard InChI is InChI=1S/C13H16N2.C2H6/c1-2-10-7-12-5-6-15(9-11-3-4-11)13(12)14-8-10;1-2/h5-8,11H,2-4,9H2,1H3;1-2H3. The molecule has 92 valence electrons. The summed E-state index contributed by atoms with van der Waals surface area (Å²) < 4.78 is 2.30. The van der Waals surface area contributed by atoms with Crippen LogP contribution in [0.4, 0.5) is 0 Å². The molecule has 0 radical (unpaired) electrons. The van der Waals surface area contributed by atoms with Gasteiger partial charge in [-0.3, -0.25) is 0 Å². The van der Waals surface area contributed by atoms with Crippen molar-refractivity contribution in [3.63, 3.8) is 0 Å². The second-order valence-electron chi connectivity index (χ2n) is 4.52. The van der Waals surface area contributed by atoms with E-state index in [9.17, 15) is 0 Å². The molecule has 0 unspecified atom stereocenters. The zero-order valence-electron chi connectivity index (χ0n) is 11.1. The Balaban J connectivity index is 0.000000514. The molecule has 0 N–H and O–H groups in total. The van der Waals surface area contributed by atoms with Crippen molar-refractivity contribution in [2.24, 2.45) is 5.92 Å². The first-order valence-corrected chi connectivity index (χ1v) is 6.80. The topological polar surface area (TPSA) is 17.8 Å². The third-order valence-corrected chi connectivity index (χ3v) is 3.22. The van der Waals surface area contributed by atoms with Gasteiger partial charge in [0.25, 0.3) is 0 Å². The lowest BCUT2D eigenvalue weighted by atomic mass is 10.2. The molecule has 0 amide bonds. The van der Waals surface area contributed by atoms with Crippen LogP contribution in [0.5, 0.6) is 0 Å². The van der Waals surface area contributed by atoms with Crippen molar-refractivity contribution in [3.05, 3.63) is 30.1 Å². The summed E-state index contributed by atoms with van der Waals surface area (Å²) in [6.07, 6.45) is 8.04. The normalized spacial score (nSPS) is 14.5. The fraction of sp³-hybridized carbons (Fsp3) is 0.533. The van der Waals surface area contributed by atoms with Crippen LogP contribution in [0.1, 0.15) is 39.2 Å². The summed E-state index contributed by atoms with van der Waals surface area (Å²) in [5, 5.41) is 1.29. The van der Waals surface area contributed by atoms with Crippen LogP contribution in [0.15, 0.2) is 24.5 Å². The van der Waals surface area contributed by atoms with Crippen LogP contribution in [-0.4, -0.2) is 9.55 Å². The number of hydrogen-bond donors (Lipinski definition) is 0. The molecule has 3 rings (SSSR count). The fourth-order valence-electron chi connectivity index (χ4n) is 2.04. The zero-order valence-corrected chi connectivity index (χ0v) is 11.1. The largest absolute Gasteiger partial charge is 0.332 e. The van der Waals surface area contributed by atoms with Gasteiger partial charge in [-0.05, 0) is 42.9 Å². The molecule has 0 saturated heterocycles. The van der Waals surface area contributed by atoms with Gasteiger partial charge in [0.05, 0.1) is 0 Å². The van der Waals surface area contributed by atoms with Crippen LogP contribution in [0.2, 0.25) is 0 Å². The highest BCUT2D eigenvalue weighted by Crippen LogP contribution is 2.31. The Morgan fingerprint density at radius 3 is 2.76 bits per heavy atom. The van der Waals surface area contributed by atoms with Crippen LogP contribution in [0, 0.1) is 5.92 Å². The second-order valence-corrected chi connectivity index (χ2v) is 4.52. The first kappa shape index (κ1) is 12.2. The quantitative estimate of drug-likeness (QED) is 0.778. The second kappa shape index (κ2) is 5.35. The van der Waals surface area contributed by atoms with E-state index in [0.29, 0.717) is 0 Å². The Hall–Kier alpha value is -1.31. The van der Waals surface area contributed by atoms with E-state index in [-0.39, 0.29) is 0 Å². The minimum atomic E-state index is 0.910. The Bertz CT molecular complexity index is 481. The molecule has 2 aromatic heterocycles. The van der Waals surface area contributed by atoms with Gasteiger partial charge in [0.2, 0.25) is 0 Å². The molecule has 0 atom stereocenters. The lowest BCUT2D eigenvalue weighted by Gasteiger charge is -2.03. The molecule has 0 bridgehead atoms. The molecule has 2 nitrogen and oxygen atoms in total. The van der Waals surface area contributed by atoms with Gasteiger partial charge >= 0.3 is 0 Å². The van der Waals surface area contributed by atoms with Crippen molar-refractivity contribution in [3.8, 4) is 0 Å². The van der Waals surface area contributed by atoms with Crippen molar-refractivity contribution in [1.29, 1.82) is 0 Å². The Morgan fingerprint density at radius 2 is 2.12 bits per heavy atom. The summed E-state index contributed by atoms with van der Waals surface area (Å²) >= 11 is 0. The first-order valence-electron chi connectivity index (χ1n) is 6.80. The number of nitrogens with zero attached hydrogens (tertiary/aromatic N) is 2. The molecule has 0 aromatic carbocycles. The number of pyridine rings is 1. The summed E-state index contributed by atoms with van der Waals surface area (Å²) in [5.74, 6) is 0.910. The fourth-order valence-corrected chi connectivity index (χ4v) is 2.04. The number of fused-ring (bicyclic) bond motifs is 1. The smallest absolute Gasteiger partial charge is 0.139 e. The molecule has 0 aliphatic heterocycles. The summed E-state index contributed by atoms with van der Waals surface area (Å²) in [4.78, 5) is 4.56. The highest BCUT2D eigenvalue weighted by Gasteiger charge is 2.22. The summed E-state index contributed by atoms with van der Waals surface area (Å²) in [7, 11) is 0. The van der Waals surface area contributed by atoms with Crippen molar-refractivity contribution in [2.45, 2.75) is 46.6 Å². The van der Waals surface area contributed by atoms with E-state index in [1.165, 1.54) is 23.8 Å². The molecular weight excluding hydrogens is 208 g/mol. The maximum atomic E-state index is 4.56. The molecule has 17 heavy (non-hydrogen) atoms. The molecule has 1 saturated carbocycles. The van der Waals surface area contributed by atoms with Gasteiger partial charge in [0.15, 0.2) is 0 Å². The Kier molecular flexibility index (Phi) is 3.82. The van der Waals surface area contributed by atoms with E-state index < -0.39 is 0 Å². The molecule has 1 fully saturated rings. The molecule has 2 heterocycles. The molecular formula is C15H22N2. The summed E-state index contributed by atoms with van der Waals surface area (Å²) in [6.45, 7) is 7.33. The van der Waals surface area contributed by atoms with Gasteiger partial charge in [-0.1, -0.05) is 20.8 Å². The van der Waals surface area contributed by atoms with Crippen molar-refractivity contribution in [2.75, 3.05) is 0 Å². The van der Waals surface area contributed by atoms with Crippen molar-refractivity contribution in [1.82, 2.24) is 9.55 Å². The van der Waals surface area contributed by atoms with Gasteiger partial charge in [-0.2, -0.15) is 0 Å². The third-order valence-electron chi connectivity index (χ3n) is 3.22. The maximum Gasteiger partial charge on any atom is 0.139 e. The third kappa shape index (κ3) is 2.68. The van der Waals surface area contributed by atoms with E-state index >= 15 is 0 Å². The Labute approximate surface area is 104 Å². The Morgan fingerprint density at radius 1 is 1.35 bits per heavy atom. The summed E-state index contributed by atoms with van der Waals surface area (Å²) in [6, 6.07) is 4.44. The van der Waals surface area contributed by atoms with Crippen molar-refractivity contribution >= 4 is 11.0 Å². The predicted molar refractivity (Wildman–Crippen MR) is 73.2 cm³/mol. The van der Waals surface area contributed by atoms with Crippen LogP contribution in [0.25, 0.3) is 11.0 Å². The average molecular weight is 230 g/mol.